The summed E-state index contributed by atoms with van der Waals surface area (Å²) in [6, 6.07) is 32.2. The van der Waals surface area contributed by atoms with E-state index in [2.05, 4.69) is 11.9 Å². The molecule has 4 aromatic carbocycles. The van der Waals surface area contributed by atoms with Crippen LogP contribution < -0.4 is 15.0 Å². The Morgan fingerprint density at radius 2 is 1.45 bits per heavy atom. The number of benzene rings is 4. The zero-order valence-electron chi connectivity index (χ0n) is 23.8. The quantitative estimate of drug-likeness (QED) is 0.120. The first kappa shape index (κ1) is 29.8. The molecule has 214 valence electrons. The van der Waals surface area contributed by atoms with Gasteiger partial charge in [0.2, 0.25) is 0 Å². The maximum absolute atomic E-state index is 13.2. The molecule has 0 aliphatic rings. The van der Waals surface area contributed by atoms with Crippen LogP contribution in [0.25, 0.3) is 0 Å². The zero-order valence-corrected chi connectivity index (χ0v) is 23.8. The third-order valence-electron chi connectivity index (χ3n) is 6.65. The van der Waals surface area contributed by atoms with Gasteiger partial charge in [-0.1, -0.05) is 79.4 Å². The van der Waals surface area contributed by atoms with Gasteiger partial charge < -0.3 is 19.7 Å². The summed E-state index contributed by atoms with van der Waals surface area (Å²) in [5.41, 5.74) is 3.68. The summed E-state index contributed by atoms with van der Waals surface area (Å²) in [5.74, 6) is -0.107. The molecule has 7 heteroatoms. The van der Waals surface area contributed by atoms with Crippen LogP contribution in [0.3, 0.4) is 0 Å². The van der Waals surface area contributed by atoms with Crippen LogP contribution >= 0.6 is 0 Å². The van der Waals surface area contributed by atoms with Crippen LogP contribution in [0.15, 0.2) is 121 Å². The van der Waals surface area contributed by atoms with Gasteiger partial charge in [-0.25, -0.2) is 4.79 Å². The maximum atomic E-state index is 13.2. The molecule has 1 unspecified atom stereocenters. The number of para-hydroxylation sites is 2. The van der Waals surface area contributed by atoms with Crippen molar-refractivity contribution in [1.29, 1.82) is 0 Å². The van der Waals surface area contributed by atoms with Crippen molar-refractivity contribution in [2.75, 3.05) is 30.5 Å². The van der Waals surface area contributed by atoms with Crippen molar-refractivity contribution in [2.24, 2.45) is 0 Å². The molecule has 0 aliphatic heterocycles. The highest BCUT2D eigenvalue weighted by Crippen LogP contribution is 2.22. The average molecular weight is 563 g/mol. The first-order valence-electron chi connectivity index (χ1n) is 13.6. The molecule has 4 rings (SSSR count). The number of anilines is 2. The van der Waals surface area contributed by atoms with E-state index in [1.165, 1.54) is 7.11 Å². The van der Waals surface area contributed by atoms with Crippen molar-refractivity contribution in [1.82, 2.24) is 0 Å². The number of methoxy groups -OCH3 is 1. The highest BCUT2D eigenvalue weighted by Gasteiger charge is 2.23. The van der Waals surface area contributed by atoms with Gasteiger partial charge in [0.15, 0.2) is 5.78 Å². The number of rotatable bonds is 13. The maximum Gasteiger partial charge on any atom is 0.328 e. The lowest BCUT2D eigenvalue weighted by molar-refractivity contribution is -0.141. The summed E-state index contributed by atoms with van der Waals surface area (Å²) in [7, 11) is 1.34. The van der Waals surface area contributed by atoms with Gasteiger partial charge in [0.1, 0.15) is 18.4 Å². The van der Waals surface area contributed by atoms with E-state index in [0.717, 1.165) is 11.3 Å². The molecular weight excluding hydrogens is 528 g/mol. The number of nitrogens with zero attached hydrogens (tertiary/aromatic N) is 1. The first-order chi connectivity index (χ1) is 20.4. The van der Waals surface area contributed by atoms with Crippen LogP contribution in [0.5, 0.6) is 5.75 Å². The molecular formula is C35H34N2O5. The van der Waals surface area contributed by atoms with E-state index in [4.69, 9.17) is 9.47 Å². The highest BCUT2D eigenvalue weighted by atomic mass is 16.5. The largest absolute Gasteiger partial charge is 0.492 e. The van der Waals surface area contributed by atoms with E-state index < -0.39 is 12.0 Å². The summed E-state index contributed by atoms with van der Waals surface area (Å²) in [6.07, 6.45) is 0.329. The molecule has 1 amide bonds. The van der Waals surface area contributed by atoms with Crippen molar-refractivity contribution >= 4 is 29.0 Å². The van der Waals surface area contributed by atoms with Crippen LogP contribution in [0.2, 0.25) is 0 Å². The average Bonchev–Trinajstić information content (AvgIpc) is 3.03. The fourth-order valence-electron chi connectivity index (χ4n) is 4.47. The van der Waals surface area contributed by atoms with Crippen LogP contribution in [0.1, 0.15) is 28.4 Å². The topological polar surface area (TPSA) is 84.9 Å². The van der Waals surface area contributed by atoms with E-state index in [0.29, 0.717) is 41.1 Å². The summed E-state index contributed by atoms with van der Waals surface area (Å²) < 4.78 is 11.0. The van der Waals surface area contributed by atoms with Gasteiger partial charge in [0, 0.05) is 34.5 Å². The Bertz CT molecular complexity index is 1520. The predicted molar refractivity (Wildman–Crippen MR) is 165 cm³/mol. The molecule has 0 aromatic heterocycles. The molecule has 1 N–H and O–H groups in total. The molecule has 0 spiro atoms. The minimum absolute atomic E-state index is 0.139. The number of ketones is 1. The van der Waals surface area contributed by atoms with Crippen LogP contribution in [-0.4, -0.2) is 44.0 Å². The van der Waals surface area contributed by atoms with Crippen LogP contribution in [0.4, 0.5) is 11.4 Å². The SMILES string of the molecule is C=C(C)C(=O)N(CCOc1ccc(CC(Nc2ccccc2C(=O)c2ccccc2)C(=O)OC)cc1)c1ccccc1. The van der Waals surface area contributed by atoms with E-state index in [1.54, 1.807) is 42.2 Å². The number of carbonyl (C=O) groups is 3. The van der Waals surface area contributed by atoms with Gasteiger partial charge in [0.25, 0.3) is 5.91 Å². The highest BCUT2D eigenvalue weighted by molar-refractivity contribution is 6.12. The summed E-state index contributed by atoms with van der Waals surface area (Å²) in [6.45, 7) is 6.11. The number of ether oxygens (including phenoxy) is 2. The van der Waals surface area contributed by atoms with Gasteiger partial charge in [-0.05, 0) is 48.9 Å². The van der Waals surface area contributed by atoms with Gasteiger partial charge in [-0.3, -0.25) is 9.59 Å². The predicted octanol–water partition coefficient (Wildman–Crippen LogP) is 6.10. The summed E-state index contributed by atoms with van der Waals surface area (Å²) in [4.78, 5) is 40.2. The number of hydrogen-bond donors (Lipinski definition) is 1. The molecule has 0 radical (unpaired) electrons. The summed E-state index contributed by atoms with van der Waals surface area (Å²) >= 11 is 0. The first-order valence-corrected chi connectivity index (χ1v) is 13.6. The fourth-order valence-corrected chi connectivity index (χ4v) is 4.47. The number of carbonyl (C=O) groups excluding carboxylic acids is 3. The third kappa shape index (κ3) is 7.73. The van der Waals surface area contributed by atoms with Crippen molar-refractivity contribution < 1.29 is 23.9 Å². The molecule has 7 nitrogen and oxygen atoms in total. The minimum atomic E-state index is -0.723. The van der Waals surface area contributed by atoms with Gasteiger partial charge in [-0.15, -0.1) is 0 Å². The Hall–Kier alpha value is -5.17. The Labute approximate surface area is 246 Å². The number of hydrogen-bond acceptors (Lipinski definition) is 6. The molecule has 0 aliphatic carbocycles. The van der Waals surface area contributed by atoms with Crippen LogP contribution in [-0.2, 0) is 20.7 Å². The number of esters is 1. The monoisotopic (exact) mass is 562 g/mol. The second-order valence-corrected chi connectivity index (χ2v) is 9.73. The third-order valence-corrected chi connectivity index (χ3v) is 6.65. The standard InChI is InChI=1S/C35H34N2O5/c1-25(2)34(39)37(28-14-8-5-9-15-28)22-23-42-29-20-18-26(19-21-29)24-32(35(40)41-3)36-31-17-11-10-16-30(31)33(38)27-12-6-4-7-13-27/h4-21,32,36H,1,22-24H2,2-3H3. The lowest BCUT2D eigenvalue weighted by atomic mass is 10.00. The minimum Gasteiger partial charge on any atom is -0.492 e. The van der Waals surface area contributed by atoms with Gasteiger partial charge >= 0.3 is 5.97 Å². The second-order valence-electron chi connectivity index (χ2n) is 9.73. The van der Waals surface area contributed by atoms with Crippen molar-refractivity contribution in [2.45, 2.75) is 19.4 Å². The van der Waals surface area contributed by atoms with Crippen molar-refractivity contribution in [3.63, 3.8) is 0 Å². The smallest absolute Gasteiger partial charge is 0.328 e. The normalized spacial score (nSPS) is 11.2. The molecule has 0 fully saturated rings. The molecule has 0 saturated heterocycles. The zero-order chi connectivity index (χ0) is 29.9. The molecule has 0 saturated carbocycles. The van der Waals surface area contributed by atoms with E-state index in [-0.39, 0.29) is 18.3 Å². The number of nitrogens with one attached hydrogen (secondary N) is 1. The number of amides is 1. The Morgan fingerprint density at radius 3 is 2.10 bits per heavy atom. The fraction of sp³-hybridized carbons (Fsp3) is 0.171. The van der Waals surface area contributed by atoms with Crippen LogP contribution in [0, 0.1) is 0 Å². The Kier molecular flexibility index (Phi) is 10.3. The van der Waals surface area contributed by atoms with Gasteiger partial charge in [-0.2, -0.15) is 0 Å². The van der Waals surface area contributed by atoms with E-state index in [9.17, 15) is 14.4 Å². The van der Waals surface area contributed by atoms with E-state index >= 15 is 0 Å². The molecule has 4 aromatic rings. The lowest BCUT2D eigenvalue weighted by Gasteiger charge is -2.23. The molecule has 1 atom stereocenters. The summed E-state index contributed by atoms with van der Waals surface area (Å²) in [5, 5.41) is 3.22. The Balaban J connectivity index is 1.42. The Morgan fingerprint density at radius 1 is 0.833 bits per heavy atom. The van der Waals surface area contributed by atoms with Gasteiger partial charge in [0.05, 0.1) is 13.7 Å². The molecule has 42 heavy (non-hydrogen) atoms. The molecule has 0 bridgehead atoms. The molecule has 0 heterocycles. The van der Waals surface area contributed by atoms with Crippen molar-refractivity contribution in [3.05, 3.63) is 138 Å². The van der Waals surface area contributed by atoms with E-state index in [1.807, 2.05) is 78.9 Å². The lowest BCUT2D eigenvalue weighted by Crippen LogP contribution is -2.35. The van der Waals surface area contributed by atoms with Crippen molar-refractivity contribution in [3.8, 4) is 5.75 Å². The second kappa shape index (κ2) is 14.5.